The molecule has 0 fully saturated rings. The maximum atomic E-state index is 13.8. The van der Waals surface area contributed by atoms with Crippen molar-refractivity contribution >= 4 is 5.91 Å². The van der Waals surface area contributed by atoms with Crippen LogP contribution < -0.4 is 14.2 Å². The first-order valence-corrected chi connectivity index (χ1v) is 10.3. The number of ether oxygens (including phenoxy) is 3. The summed E-state index contributed by atoms with van der Waals surface area (Å²) in [5.41, 5.74) is 2.75. The number of hydrogen-bond acceptors (Lipinski definition) is 4. The third kappa shape index (κ3) is 3.16. The quantitative estimate of drug-likeness (QED) is 0.633. The summed E-state index contributed by atoms with van der Waals surface area (Å²) in [6, 6.07) is 21.4. The fraction of sp³-hybridized carbons (Fsp3) is 0.240. The molecular weight excluding hydrogens is 378 g/mol. The minimum Gasteiger partial charge on any atom is -0.486 e. The minimum atomic E-state index is -0.400. The van der Waals surface area contributed by atoms with Crippen molar-refractivity contribution in [3.8, 4) is 23.0 Å². The Balaban J connectivity index is 1.51. The van der Waals surface area contributed by atoms with Gasteiger partial charge in [-0.2, -0.15) is 0 Å². The zero-order valence-electron chi connectivity index (χ0n) is 16.8. The van der Waals surface area contributed by atoms with Crippen LogP contribution in [0.25, 0.3) is 0 Å². The smallest absolute Gasteiger partial charge is 0.235 e. The molecular formula is C25H23NO4. The molecule has 0 radical (unpaired) electrons. The van der Waals surface area contributed by atoms with E-state index in [-0.39, 0.29) is 5.91 Å². The maximum absolute atomic E-state index is 13.8. The Morgan fingerprint density at radius 2 is 1.50 bits per heavy atom. The van der Waals surface area contributed by atoms with Crippen LogP contribution in [0.2, 0.25) is 0 Å². The number of carbonyl (C=O) groups excluding carboxylic acids is 1. The molecule has 5 rings (SSSR count). The van der Waals surface area contributed by atoms with Crippen LogP contribution in [0, 0.1) is 0 Å². The second kappa shape index (κ2) is 7.75. The van der Waals surface area contributed by atoms with Crippen molar-refractivity contribution in [1.82, 2.24) is 4.90 Å². The molecule has 3 aromatic rings. The second-order valence-corrected chi connectivity index (χ2v) is 7.40. The van der Waals surface area contributed by atoms with Crippen molar-refractivity contribution in [2.45, 2.75) is 19.4 Å². The molecule has 0 saturated heterocycles. The number of amides is 1. The third-order valence-corrected chi connectivity index (χ3v) is 5.63. The minimum absolute atomic E-state index is 0.0510. The molecule has 0 aliphatic carbocycles. The average Bonchev–Trinajstić information content (AvgIpc) is 2.80. The van der Waals surface area contributed by atoms with Crippen LogP contribution in [0.1, 0.15) is 29.5 Å². The van der Waals surface area contributed by atoms with E-state index in [2.05, 4.69) is 0 Å². The molecule has 2 aliphatic heterocycles. The topological polar surface area (TPSA) is 48.0 Å². The SMILES string of the molecule is CCN(Cc1cccc2c1OCCO2)C(=O)C1c2ccccc2Oc2ccccc21. The van der Waals surface area contributed by atoms with E-state index in [1.807, 2.05) is 78.6 Å². The van der Waals surface area contributed by atoms with Gasteiger partial charge in [0.15, 0.2) is 11.5 Å². The molecule has 0 spiro atoms. The highest BCUT2D eigenvalue weighted by atomic mass is 16.6. The number of fused-ring (bicyclic) bond motifs is 3. The van der Waals surface area contributed by atoms with E-state index in [4.69, 9.17) is 14.2 Å². The molecule has 3 aromatic carbocycles. The monoisotopic (exact) mass is 401 g/mol. The summed E-state index contributed by atoms with van der Waals surface area (Å²) in [6.07, 6.45) is 0. The standard InChI is InChI=1S/C25H23NO4/c1-2-26(16-17-8-7-13-22-24(17)29-15-14-28-22)25(27)23-18-9-3-5-11-20(18)30-21-12-6-4-10-19(21)23/h3-13,23H,2,14-16H2,1H3. The molecule has 5 heteroatoms. The summed E-state index contributed by atoms with van der Waals surface area (Å²) in [6.45, 7) is 4.11. The second-order valence-electron chi connectivity index (χ2n) is 7.40. The van der Waals surface area contributed by atoms with E-state index in [0.29, 0.717) is 26.3 Å². The number of nitrogens with zero attached hydrogens (tertiary/aromatic N) is 1. The Kier molecular flexibility index (Phi) is 4.79. The van der Waals surface area contributed by atoms with Gasteiger partial charge >= 0.3 is 0 Å². The van der Waals surface area contributed by atoms with Crippen LogP contribution in [0.4, 0.5) is 0 Å². The predicted molar refractivity (Wildman–Crippen MR) is 113 cm³/mol. The highest BCUT2D eigenvalue weighted by Crippen LogP contribution is 2.45. The molecule has 0 unspecified atom stereocenters. The molecule has 1 amide bonds. The van der Waals surface area contributed by atoms with Gasteiger partial charge in [-0.1, -0.05) is 48.5 Å². The molecule has 2 heterocycles. The lowest BCUT2D eigenvalue weighted by molar-refractivity contribution is -0.132. The highest BCUT2D eigenvalue weighted by Gasteiger charge is 2.35. The summed E-state index contributed by atoms with van der Waals surface area (Å²) in [7, 11) is 0. The maximum Gasteiger partial charge on any atom is 0.235 e. The first-order chi connectivity index (χ1) is 14.8. The molecule has 0 aromatic heterocycles. The molecule has 5 nitrogen and oxygen atoms in total. The van der Waals surface area contributed by atoms with Gasteiger partial charge in [0, 0.05) is 29.8 Å². The first kappa shape index (κ1) is 18.6. The van der Waals surface area contributed by atoms with Gasteiger partial charge in [-0.05, 0) is 25.1 Å². The van der Waals surface area contributed by atoms with E-state index < -0.39 is 5.92 Å². The van der Waals surface area contributed by atoms with Gasteiger partial charge in [0.05, 0.1) is 5.92 Å². The first-order valence-electron chi connectivity index (χ1n) is 10.3. The van der Waals surface area contributed by atoms with E-state index in [9.17, 15) is 4.79 Å². The highest BCUT2D eigenvalue weighted by molar-refractivity contribution is 5.89. The van der Waals surface area contributed by atoms with E-state index in [1.165, 1.54) is 0 Å². The number of rotatable bonds is 4. The molecule has 2 aliphatic rings. The van der Waals surface area contributed by atoms with E-state index in [0.717, 1.165) is 39.7 Å². The van der Waals surface area contributed by atoms with E-state index >= 15 is 0 Å². The lowest BCUT2D eigenvalue weighted by atomic mass is 9.86. The predicted octanol–water partition coefficient (Wildman–Crippen LogP) is 4.74. The van der Waals surface area contributed by atoms with Crippen molar-refractivity contribution < 1.29 is 19.0 Å². The summed E-state index contributed by atoms with van der Waals surface area (Å²) >= 11 is 0. The van der Waals surface area contributed by atoms with Crippen molar-refractivity contribution in [3.63, 3.8) is 0 Å². The largest absolute Gasteiger partial charge is 0.486 e. The Bertz CT molecular complexity index is 1050. The van der Waals surface area contributed by atoms with Crippen LogP contribution in [0.3, 0.4) is 0 Å². The molecule has 0 N–H and O–H groups in total. The molecule has 30 heavy (non-hydrogen) atoms. The van der Waals surface area contributed by atoms with Crippen LogP contribution in [0.5, 0.6) is 23.0 Å². The van der Waals surface area contributed by atoms with Crippen molar-refractivity contribution in [3.05, 3.63) is 83.4 Å². The summed E-state index contributed by atoms with van der Waals surface area (Å²) < 4.78 is 17.6. The van der Waals surface area contributed by atoms with Gasteiger partial charge in [-0.25, -0.2) is 0 Å². The van der Waals surface area contributed by atoms with Crippen LogP contribution in [-0.2, 0) is 11.3 Å². The van der Waals surface area contributed by atoms with Gasteiger partial charge in [0.1, 0.15) is 24.7 Å². The van der Waals surface area contributed by atoms with Crippen molar-refractivity contribution in [1.29, 1.82) is 0 Å². The normalized spacial score (nSPS) is 14.3. The Hall–Kier alpha value is -3.47. The van der Waals surface area contributed by atoms with Crippen LogP contribution >= 0.6 is 0 Å². The Labute approximate surface area is 175 Å². The summed E-state index contributed by atoms with van der Waals surface area (Å²) in [4.78, 5) is 15.7. The molecule has 0 bridgehead atoms. The number of likely N-dealkylation sites (N-methyl/N-ethyl adjacent to an activating group) is 1. The lowest BCUT2D eigenvalue weighted by Gasteiger charge is -2.32. The third-order valence-electron chi connectivity index (χ3n) is 5.63. The Morgan fingerprint density at radius 3 is 2.20 bits per heavy atom. The molecule has 0 atom stereocenters. The molecule has 0 saturated carbocycles. The number of carbonyl (C=O) groups is 1. The fourth-order valence-corrected chi connectivity index (χ4v) is 4.17. The van der Waals surface area contributed by atoms with Gasteiger partial charge in [0.2, 0.25) is 5.91 Å². The van der Waals surface area contributed by atoms with Gasteiger partial charge in [-0.15, -0.1) is 0 Å². The zero-order valence-corrected chi connectivity index (χ0v) is 16.8. The Morgan fingerprint density at radius 1 is 0.867 bits per heavy atom. The molecule has 152 valence electrons. The van der Waals surface area contributed by atoms with Crippen LogP contribution in [-0.4, -0.2) is 30.6 Å². The zero-order chi connectivity index (χ0) is 20.5. The average molecular weight is 401 g/mol. The van der Waals surface area contributed by atoms with Gasteiger partial charge < -0.3 is 19.1 Å². The van der Waals surface area contributed by atoms with Crippen molar-refractivity contribution in [2.75, 3.05) is 19.8 Å². The van der Waals surface area contributed by atoms with Crippen LogP contribution in [0.15, 0.2) is 66.7 Å². The summed E-state index contributed by atoms with van der Waals surface area (Å²) in [5, 5.41) is 0. The lowest BCUT2D eigenvalue weighted by Crippen LogP contribution is -2.36. The van der Waals surface area contributed by atoms with Gasteiger partial charge in [0.25, 0.3) is 0 Å². The number of hydrogen-bond donors (Lipinski definition) is 0. The van der Waals surface area contributed by atoms with Crippen molar-refractivity contribution in [2.24, 2.45) is 0 Å². The van der Waals surface area contributed by atoms with Gasteiger partial charge in [-0.3, -0.25) is 4.79 Å². The number of para-hydroxylation sites is 3. The fourth-order valence-electron chi connectivity index (χ4n) is 4.17. The number of benzene rings is 3. The van der Waals surface area contributed by atoms with E-state index in [1.54, 1.807) is 0 Å². The summed E-state index contributed by atoms with van der Waals surface area (Å²) in [5.74, 6) is 2.60.